The molecule has 0 fully saturated rings. The van der Waals surface area contributed by atoms with Crippen molar-refractivity contribution in [1.82, 2.24) is 14.6 Å². The quantitative estimate of drug-likeness (QED) is 0.714. The second-order valence-electron chi connectivity index (χ2n) is 4.27. The molecule has 0 bridgehead atoms. The van der Waals surface area contributed by atoms with Gasteiger partial charge in [-0.3, -0.25) is 4.40 Å². The molecule has 2 aromatic heterocycles. The number of fused-ring (bicyclic) bond motifs is 3. The molecule has 0 aliphatic carbocycles. The maximum atomic E-state index is 12.8. The normalized spacial score (nSPS) is 12.6. The highest BCUT2D eigenvalue weighted by Gasteiger charge is 2.31. The average Bonchev–Trinajstić information content (AvgIpc) is 2.87. The Morgan fingerprint density at radius 1 is 1.26 bits per heavy atom. The molecule has 3 aromatic rings. The number of rotatable bonds is 2. The van der Waals surface area contributed by atoms with Gasteiger partial charge < -0.3 is 0 Å². The Morgan fingerprint density at radius 3 is 2.74 bits per heavy atom. The van der Waals surface area contributed by atoms with Crippen molar-refractivity contribution in [3.05, 3.63) is 29.6 Å². The predicted octanol–water partition coefficient (Wildman–Crippen LogP) is 3.92. The fourth-order valence-electron chi connectivity index (χ4n) is 2.05. The Bertz CT molecular complexity index is 742. The zero-order valence-electron chi connectivity index (χ0n) is 10.0. The van der Waals surface area contributed by atoms with Crippen LogP contribution in [0, 0.1) is 0 Å². The summed E-state index contributed by atoms with van der Waals surface area (Å²) in [7, 11) is 0. The summed E-state index contributed by atoms with van der Waals surface area (Å²) in [4.78, 5) is 0.637. The van der Waals surface area contributed by atoms with Crippen LogP contribution in [0.5, 0.6) is 0 Å². The number of benzene rings is 1. The molecule has 1 aromatic carbocycles. The lowest BCUT2D eigenvalue weighted by Crippen LogP contribution is -2.04. The van der Waals surface area contributed by atoms with E-state index >= 15 is 0 Å². The van der Waals surface area contributed by atoms with E-state index in [0.717, 1.165) is 17.2 Å². The molecular weight excluding hydrogens is 275 g/mol. The molecule has 0 saturated carbocycles. The summed E-state index contributed by atoms with van der Waals surface area (Å²) in [6, 6.07) is 3.76. The standard InChI is InChI=1S/C12H10F3N3S/c1-2-3-10-16-17-11-18(10)8-6-7(12(13,14)15)4-5-9(8)19-11/h4-6H,2-3H2,1H3. The SMILES string of the molecule is CCCc1nnc2sc3ccc(C(F)(F)F)cc3n12. The van der Waals surface area contributed by atoms with Crippen LogP contribution < -0.4 is 0 Å². The smallest absolute Gasteiger partial charge is 0.269 e. The molecule has 0 atom stereocenters. The van der Waals surface area contributed by atoms with Gasteiger partial charge in [-0.2, -0.15) is 13.2 Å². The van der Waals surface area contributed by atoms with E-state index < -0.39 is 11.7 Å². The van der Waals surface area contributed by atoms with Crippen molar-refractivity contribution in [2.24, 2.45) is 0 Å². The number of halogens is 3. The minimum atomic E-state index is -4.33. The summed E-state index contributed by atoms with van der Waals surface area (Å²) in [6.07, 6.45) is -2.76. The average molecular weight is 285 g/mol. The highest BCUT2D eigenvalue weighted by molar-refractivity contribution is 7.23. The third kappa shape index (κ3) is 1.98. The van der Waals surface area contributed by atoms with E-state index in [9.17, 15) is 13.2 Å². The monoisotopic (exact) mass is 285 g/mol. The van der Waals surface area contributed by atoms with E-state index in [4.69, 9.17) is 0 Å². The van der Waals surface area contributed by atoms with Gasteiger partial charge in [0, 0.05) is 6.42 Å². The van der Waals surface area contributed by atoms with Gasteiger partial charge in [-0.15, -0.1) is 10.2 Å². The van der Waals surface area contributed by atoms with E-state index in [1.54, 1.807) is 4.40 Å². The first kappa shape index (κ1) is 12.4. The Hall–Kier alpha value is -1.63. The first-order chi connectivity index (χ1) is 9.00. The van der Waals surface area contributed by atoms with Crippen LogP contribution in [0.25, 0.3) is 15.2 Å². The molecule has 100 valence electrons. The van der Waals surface area contributed by atoms with E-state index in [1.165, 1.54) is 23.5 Å². The molecule has 3 rings (SSSR count). The summed E-state index contributed by atoms with van der Waals surface area (Å²) in [5, 5.41) is 8.05. The third-order valence-corrected chi connectivity index (χ3v) is 3.91. The lowest BCUT2D eigenvalue weighted by atomic mass is 10.2. The van der Waals surface area contributed by atoms with Crippen molar-refractivity contribution in [2.45, 2.75) is 25.9 Å². The lowest BCUT2D eigenvalue weighted by Gasteiger charge is -2.06. The van der Waals surface area contributed by atoms with Gasteiger partial charge in [0.1, 0.15) is 5.82 Å². The third-order valence-electron chi connectivity index (χ3n) is 2.90. The first-order valence-corrected chi connectivity index (χ1v) is 6.66. The molecule has 3 nitrogen and oxygen atoms in total. The fraction of sp³-hybridized carbons (Fsp3) is 0.333. The molecule has 19 heavy (non-hydrogen) atoms. The molecule has 2 heterocycles. The van der Waals surface area contributed by atoms with Crippen LogP contribution in [0.2, 0.25) is 0 Å². The van der Waals surface area contributed by atoms with Crippen LogP contribution in [0.1, 0.15) is 24.7 Å². The van der Waals surface area contributed by atoms with Crippen LogP contribution in [-0.2, 0) is 12.6 Å². The lowest BCUT2D eigenvalue weighted by molar-refractivity contribution is -0.137. The van der Waals surface area contributed by atoms with Gasteiger partial charge in [-0.25, -0.2) is 0 Å². The highest BCUT2D eigenvalue weighted by Crippen LogP contribution is 2.34. The Morgan fingerprint density at radius 2 is 2.05 bits per heavy atom. The van der Waals surface area contributed by atoms with Gasteiger partial charge in [0.15, 0.2) is 0 Å². The zero-order valence-corrected chi connectivity index (χ0v) is 10.8. The number of hydrogen-bond acceptors (Lipinski definition) is 3. The summed E-state index contributed by atoms with van der Waals surface area (Å²) in [5.74, 6) is 0.711. The fourth-order valence-corrected chi connectivity index (χ4v) is 3.01. The number of thiazole rings is 1. The number of alkyl halides is 3. The van der Waals surface area contributed by atoms with Crippen molar-refractivity contribution >= 4 is 26.5 Å². The van der Waals surface area contributed by atoms with Crippen molar-refractivity contribution in [1.29, 1.82) is 0 Å². The first-order valence-electron chi connectivity index (χ1n) is 5.84. The number of hydrogen-bond donors (Lipinski definition) is 0. The maximum absolute atomic E-state index is 12.8. The van der Waals surface area contributed by atoms with Crippen LogP contribution in [0.4, 0.5) is 13.2 Å². The van der Waals surface area contributed by atoms with Crippen LogP contribution >= 0.6 is 11.3 Å². The summed E-state index contributed by atoms with van der Waals surface area (Å²) >= 11 is 1.35. The van der Waals surface area contributed by atoms with Crippen molar-refractivity contribution < 1.29 is 13.2 Å². The Labute approximate surface area is 110 Å². The molecule has 0 spiro atoms. The number of aryl methyl sites for hydroxylation is 1. The van der Waals surface area contributed by atoms with Gasteiger partial charge in [0.2, 0.25) is 4.96 Å². The van der Waals surface area contributed by atoms with Crippen molar-refractivity contribution in [3.63, 3.8) is 0 Å². The van der Waals surface area contributed by atoms with Crippen molar-refractivity contribution in [2.75, 3.05) is 0 Å². The molecular formula is C12H10F3N3S. The summed E-state index contributed by atoms with van der Waals surface area (Å²) < 4.78 is 40.8. The second kappa shape index (κ2) is 4.19. The molecule has 0 unspecified atom stereocenters. The highest BCUT2D eigenvalue weighted by atomic mass is 32.1. The van der Waals surface area contributed by atoms with Crippen molar-refractivity contribution in [3.8, 4) is 0 Å². The zero-order chi connectivity index (χ0) is 13.6. The second-order valence-corrected chi connectivity index (χ2v) is 5.28. The van der Waals surface area contributed by atoms with E-state index in [2.05, 4.69) is 10.2 Å². The van der Waals surface area contributed by atoms with E-state index in [-0.39, 0.29) is 0 Å². The Kier molecular flexibility index (Phi) is 2.74. The van der Waals surface area contributed by atoms with Crippen LogP contribution in [0.3, 0.4) is 0 Å². The summed E-state index contributed by atoms with van der Waals surface area (Å²) in [6.45, 7) is 2.00. The minimum Gasteiger partial charge on any atom is -0.269 e. The van der Waals surface area contributed by atoms with Gasteiger partial charge in [0.25, 0.3) is 0 Å². The van der Waals surface area contributed by atoms with Crippen LogP contribution in [0.15, 0.2) is 18.2 Å². The molecule has 0 saturated heterocycles. The molecule has 0 radical (unpaired) electrons. The topological polar surface area (TPSA) is 30.2 Å². The molecule has 7 heteroatoms. The molecule has 0 aliphatic rings. The van der Waals surface area contributed by atoms with Gasteiger partial charge in [-0.1, -0.05) is 18.3 Å². The number of aromatic nitrogens is 3. The molecule has 0 amide bonds. The largest absolute Gasteiger partial charge is 0.416 e. The predicted molar refractivity (Wildman–Crippen MR) is 67.4 cm³/mol. The van der Waals surface area contributed by atoms with E-state index in [0.29, 0.717) is 22.7 Å². The maximum Gasteiger partial charge on any atom is 0.416 e. The van der Waals surface area contributed by atoms with Gasteiger partial charge in [0.05, 0.1) is 15.8 Å². The Balaban J connectivity index is 2.29. The van der Waals surface area contributed by atoms with Crippen LogP contribution in [-0.4, -0.2) is 14.6 Å². The summed E-state index contributed by atoms with van der Waals surface area (Å²) in [5.41, 5.74) is -0.112. The minimum absolute atomic E-state index is 0.531. The van der Waals surface area contributed by atoms with Gasteiger partial charge >= 0.3 is 6.18 Å². The van der Waals surface area contributed by atoms with Gasteiger partial charge in [-0.05, 0) is 24.6 Å². The van der Waals surface area contributed by atoms with E-state index in [1.807, 2.05) is 6.92 Å². The molecule has 0 N–H and O–H groups in total. The number of nitrogens with zero attached hydrogens (tertiary/aromatic N) is 3. The molecule has 0 aliphatic heterocycles.